The summed E-state index contributed by atoms with van der Waals surface area (Å²) < 4.78 is 5.17. The average Bonchev–Trinajstić information content (AvgIpc) is 2.15. The van der Waals surface area contributed by atoms with Crippen LogP contribution in [0.1, 0.15) is 37.8 Å². The van der Waals surface area contributed by atoms with Crippen molar-refractivity contribution in [1.82, 2.24) is 0 Å². The SMILES string of the molecule is CC(=O)OC(C)C(C)c1cccc(C)c1. The second-order valence-electron chi connectivity index (χ2n) is 4.02. The normalized spacial score (nSPS) is 14.4. The smallest absolute Gasteiger partial charge is 0.302 e. The quantitative estimate of drug-likeness (QED) is 0.710. The largest absolute Gasteiger partial charge is 0.462 e. The number of benzene rings is 1. The molecule has 1 aromatic carbocycles. The maximum absolute atomic E-state index is 10.8. The molecule has 0 aromatic heterocycles. The van der Waals surface area contributed by atoms with Gasteiger partial charge in [-0.05, 0) is 19.4 Å². The van der Waals surface area contributed by atoms with Crippen LogP contribution in [-0.2, 0) is 9.53 Å². The molecule has 0 N–H and O–H groups in total. The fourth-order valence-electron chi connectivity index (χ4n) is 1.59. The molecule has 1 aromatic rings. The van der Waals surface area contributed by atoms with Crippen LogP contribution in [0.4, 0.5) is 0 Å². The van der Waals surface area contributed by atoms with Gasteiger partial charge in [0, 0.05) is 12.8 Å². The van der Waals surface area contributed by atoms with E-state index in [1.165, 1.54) is 18.1 Å². The molecule has 0 spiro atoms. The maximum Gasteiger partial charge on any atom is 0.302 e. The summed E-state index contributed by atoms with van der Waals surface area (Å²) >= 11 is 0. The van der Waals surface area contributed by atoms with Gasteiger partial charge in [-0.1, -0.05) is 36.8 Å². The highest BCUT2D eigenvalue weighted by atomic mass is 16.5. The summed E-state index contributed by atoms with van der Waals surface area (Å²) in [5.74, 6) is 0.0100. The minimum atomic E-state index is -0.220. The van der Waals surface area contributed by atoms with Crippen LogP contribution in [0.3, 0.4) is 0 Å². The molecule has 15 heavy (non-hydrogen) atoms. The summed E-state index contributed by atoms with van der Waals surface area (Å²) in [6.45, 7) is 7.50. The Morgan fingerprint density at radius 2 is 2.00 bits per heavy atom. The molecule has 0 heterocycles. The molecule has 82 valence electrons. The number of rotatable bonds is 3. The van der Waals surface area contributed by atoms with E-state index in [1.807, 2.05) is 13.0 Å². The number of hydrogen-bond acceptors (Lipinski definition) is 2. The summed E-state index contributed by atoms with van der Waals surface area (Å²) in [7, 11) is 0. The summed E-state index contributed by atoms with van der Waals surface area (Å²) in [6.07, 6.45) is -0.0794. The Bertz CT molecular complexity index is 344. The van der Waals surface area contributed by atoms with Gasteiger partial charge >= 0.3 is 5.97 Å². The fourth-order valence-corrected chi connectivity index (χ4v) is 1.59. The molecule has 0 saturated heterocycles. The van der Waals surface area contributed by atoms with Crippen LogP contribution in [0.15, 0.2) is 24.3 Å². The fraction of sp³-hybridized carbons (Fsp3) is 0.462. The molecule has 2 nitrogen and oxygen atoms in total. The highest BCUT2D eigenvalue weighted by molar-refractivity contribution is 5.66. The second kappa shape index (κ2) is 4.96. The molecule has 2 unspecified atom stereocenters. The van der Waals surface area contributed by atoms with Crippen LogP contribution in [0.25, 0.3) is 0 Å². The topological polar surface area (TPSA) is 26.3 Å². The van der Waals surface area contributed by atoms with Crippen LogP contribution < -0.4 is 0 Å². The van der Waals surface area contributed by atoms with Gasteiger partial charge in [-0.25, -0.2) is 0 Å². The Kier molecular flexibility index (Phi) is 3.89. The molecule has 0 aliphatic carbocycles. The van der Waals surface area contributed by atoms with E-state index >= 15 is 0 Å². The van der Waals surface area contributed by atoms with E-state index in [0.717, 1.165) is 0 Å². The van der Waals surface area contributed by atoms with E-state index in [9.17, 15) is 4.79 Å². The number of aryl methyl sites for hydroxylation is 1. The van der Waals surface area contributed by atoms with Crippen LogP contribution >= 0.6 is 0 Å². The van der Waals surface area contributed by atoms with Crippen molar-refractivity contribution < 1.29 is 9.53 Å². The first-order chi connectivity index (χ1) is 7.00. The van der Waals surface area contributed by atoms with E-state index in [1.54, 1.807) is 0 Å². The summed E-state index contributed by atoms with van der Waals surface area (Å²) in [5.41, 5.74) is 2.44. The summed E-state index contributed by atoms with van der Waals surface area (Å²) in [5, 5.41) is 0. The van der Waals surface area contributed by atoms with Crippen molar-refractivity contribution in [3.05, 3.63) is 35.4 Å². The molecule has 0 fully saturated rings. The van der Waals surface area contributed by atoms with Crippen LogP contribution in [0.5, 0.6) is 0 Å². The van der Waals surface area contributed by atoms with Gasteiger partial charge in [-0.3, -0.25) is 4.79 Å². The number of esters is 1. The zero-order valence-electron chi connectivity index (χ0n) is 9.78. The van der Waals surface area contributed by atoms with Crippen LogP contribution in [-0.4, -0.2) is 12.1 Å². The monoisotopic (exact) mass is 206 g/mol. The van der Waals surface area contributed by atoms with Gasteiger partial charge < -0.3 is 4.74 Å². The van der Waals surface area contributed by atoms with Crippen molar-refractivity contribution in [3.63, 3.8) is 0 Å². The van der Waals surface area contributed by atoms with Gasteiger partial charge in [-0.15, -0.1) is 0 Å². The van der Waals surface area contributed by atoms with Gasteiger partial charge in [0.2, 0.25) is 0 Å². The lowest BCUT2D eigenvalue weighted by atomic mass is 9.95. The Labute approximate surface area is 91.3 Å². The highest BCUT2D eigenvalue weighted by Crippen LogP contribution is 2.22. The van der Waals surface area contributed by atoms with Gasteiger partial charge in [-0.2, -0.15) is 0 Å². The number of ether oxygens (including phenoxy) is 1. The highest BCUT2D eigenvalue weighted by Gasteiger charge is 2.16. The second-order valence-corrected chi connectivity index (χ2v) is 4.02. The van der Waals surface area contributed by atoms with Crippen molar-refractivity contribution in [3.8, 4) is 0 Å². The van der Waals surface area contributed by atoms with E-state index in [0.29, 0.717) is 0 Å². The lowest BCUT2D eigenvalue weighted by Crippen LogP contribution is -2.19. The van der Waals surface area contributed by atoms with E-state index in [2.05, 4.69) is 32.0 Å². The zero-order chi connectivity index (χ0) is 11.4. The van der Waals surface area contributed by atoms with Crippen molar-refractivity contribution in [1.29, 1.82) is 0 Å². The third-order valence-corrected chi connectivity index (χ3v) is 2.62. The first kappa shape index (κ1) is 11.8. The Morgan fingerprint density at radius 3 is 2.53 bits per heavy atom. The van der Waals surface area contributed by atoms with E-state index < -0.39 is 0 Å². The molecule has 0 saturated carbocycles. The Morgan fingerprint density at radius 1 is 1.33 bits per heavy atom. The van der Waals surface area contributed by atoms with Crippen LogP contribution in [0, 0.1) is 6.92 Å². The van der Waals surface area contributed by atoms with Crippen molar-refractivity contribution in [2.45, 2.75) is 39.7 Å². The van der Waals surface area contributed by atoms with Gasteiger partial charge in [0.15, 0.2) is 0 Å². The molecule has 0 radical (unpaired) electrons. The lowest BCUT2D eigenvalue weighted by molar-refractivity contribution is -0.146. The standard InChI is InChI=1S/C13H18O2/c1-9-6-5-7-13(8-9)10(2)11(3)15-12(4)14/h5-8,10-11H,1-4H3. The van der Waals surface area contributed by atoms with Crippen molar-refractivity contribution in [2.24, 2.45) is 0 Å². The minimum Gasteiger partial charge on any atom is -0.462 e. The van der Waals surface area contributed by atoms with Crippen LogP contribution in [0.2, 0.25) is 0 Å². The first-order valence-electron chi connectivity index (χ1n) is 5.24. The summed E-state index contributed by atoms with van der Waals surface area (Å²) in [6, 6.07) is 8.29. The van der Waals surface area contributed by atoms with Gasteiger partial charge in [0.1, 0.15) is 6.10 Å². The lowest BCUT2D eigenvalue weighted by Gasteiger charge is -2.20. The third kappa shape index (κ3) is 3.39. The molecule has 2 atom stereocenters. The molecule has 2 heteroatoms. The number of carbonyl (C=O) groups excluding carboxylic acids is 1. The summed E-state index contributed by atoms with van der Waals surface area (Å²) in [4.78, 5) is 10.8. The van der Waals surface area contributed by atoms with Gasteiger partial charge in [0.05, 0.1) is 0 Å². The third-order valence-electron chi connectivity index (χ3n) is 2.62. The number of hydrogen-bond donors (Lipinski definition) is 0. The molecule has 0 bridgehead atoms. The first-order valence-corrected chi connectivity index (χ1v) is 5.24. The molecule has 0 aliphatic heterocycles. The molecular formula is C13H18O2. The predicted octanol–water partition coefficient (Wildman–Crippen LogP) is 3.05. The Balaban J connectivity index is 2.75. The molecular weight excluding hydrogens is 188 g/mol. The molecule has 0 amide bonds. The minimum absolute atomic E-state index is 0.0794. The average molecular weight is 206 g/mol. The Hall–Kier alpha value is -1.31. The van der Waals surface area contributed by atoms with E-state index in [-0.39, 0.29) is 18.0 Å². The van der Waals surface area contributed by atoms with E-state index in [4.69, 9.17) is 4.74 Å². The van der Waals surface area contributed by atoms with Gasteiger partial charge in [0.25, 0.3) is 0 Å². The maximum atomic E-state index is 10.8. The van der Waals surface area contributed by atoms with Crippen molar-refractivity contribution in [2.75, 3.05) is 0 Å². The molecule has 1 rings (SSSR count). The number of carbonyl (C=O) groups is 1. The zero-order valence-corrected chi connectivity index (χ0v) is 9.78. The predicted molar refractivity (Wildman–Crippen MR) is 60.8 cm³/mol. The van der Waals surface area contributed by atoms with Crippen molar-refractivity contribution >= 4 is 5.97 Å². The molecule has 0 aliphatic rings.